The van der Waals surface area contributed by atoms with Crippen LogP contribution in [0.2, 0.25) is 0 Å². The zero-order valence-corrected chi connectivity index (χ0v) is 13.5. The monoisotopic (exact) mass is 295 g/mol. The van der Waals surface area contributed by atoms with E-state index >= 15 is 0 Å². The van der Waals surface area contributed by atoms with Gasteiger partial charge in [0, 0.05) is 25.7 Å². The van der Waals surface area contributed by atoms with Gasteiger partial charge >= 0.3 is 6.09 Å². The highest BCUT2D eigenvalue weighted by atomic mass is 16.6. The third-order valence-corrected chi connectivity index (χ3v) is 4.06. The lowest BCUT2D eigenvalue weighted by atomic mass is 9.94. The molecule has 1 amide bonds. The molecule has 2 bridgehead atoms. The minimum absolute atomic E-state index is 0.363. The van der Waals surface area contributed by atoms with Crippen molar-refractivity contribution in [3.05, 3.63) is 12.2 Å². The summed E-state index contributed by atoms with van der Waals surface area (Å²) >= 11 is 0. The van der Waals surface area contributed by atoms with E-state index in [4.69, 9.17) is 4.74 Å². The summed E-state index contributed by atoms with van der Waals surface area (Å²) in [7, 11) is 0. The van der Waals surface area contributed by atoms with Crippen molar-refractivity contribution < 1.29 is 9.53 Å². The summed E-state index contributed by atoms with van der Waals surface area (Å²) in [5, 5.41) is 6.34. The number of amides is 1. The highest BCUT2D eigenvalue weighted by molar-refractivity contribution is 5.67. The molecular formula is C16H29N3O2. The molecule has 5 heteroatoms. The van der Waals surface area contributed by atoms with Gasteiger partial charge in [0.2, 0.25) is 0 Å². The van der Waals surface area contributed by atoms with Gasteiger partial charge in [0.25, 0.3) is 0 Å². The van der Waals surface area contributed by atoms with Crippen LogP contribution in [0.5, 0.6) is 0 Å². The number of alkyl carbamates (subject to hydrolysis) is 1. The molecule has 2 heterocycles. The van der Waals surface area contributed by atoms with Gasteiger partial charge < -0.3 is 20.3 Å². The topological polar surface area (TPSA) is 53.6 Å². The van der Waals surface area contributed by atoms with Crippen LogP contribution in [-0.2, 0) is 4.74 Å². The highest BCUT2D eigenvalue weighted by Gasteiger charge is 2.33. The second kappa shape index (κ2) is 7.27. The van der Waals surface area contributed by atoms with Crippen molar-refractivity contribution in [2.24, 2.45) is 5.92 Å². The molecule has 3 unspecified atom stereocenters. The van der Waals surface area contributed by atoms with E-state index in [0.717, 1.165) is 12.5 Å². The quantitative estimate of drug-likeness (QED) is 0.759. The molecular weight excluding hydrogens is 266 g/mol. The lowest BCUT2D eigenvalue weighted by Crippen LogP contribution is -2.43. The summed E-state index contributed by atoms with van der Waals surface area (Å²) in [4.78, 5) is 14.0. The van der Waals surface area contributed by atoms with Gasteiger partial charge in [0.15, 0.2) is 0 Å². The third-order valence-electron chi connectivity index (χ3n) is 4.06. The summed E-state index contributed by atoms with van der Waals surface area (Å²) in [6.07, 6.45) is 6.29. The Morgan fingerprint density at radius 2 is 1.95 bits per heavy atom. The predicted octanol–water partition coefficient (Wildman–Crippen LogP) is 1.75. The van der Waals surface area contributed by atoms with Gasteiger partial charge in [-0.2, -0.15) is 0 Å². The number of fused-ring (bicyclic) bond motifs is 2. The van der Waals surface area contributed by atoms with E-state index in [0.29, 0.717) is 12.6 Å². The van der Waals surface area contributed by atoms with E-state index < -0.39 is 5.60 Å². The molecule has 120 valence electrons. The fourth-order valence-corrected chi connectivity index (χ4v) is 3.06. The van der Waals surface area contributed by atoms with Gasteiger partial charge in [0.1, 0.15) is 5.60 Å². The van der Waals surface area contributed by atoms with Gasteiger partial charge in [-0.05, 0) is 52.6 Å². The first kappa shape index (κ1) is 16.3. The van der Waals surface area contributed by atoms with Crippen molar-refractivity contribution in [1.82, 2.24) is 15.5 Å². The van der Waals surface area contributed by atoms with Crippen LogP contribution >= 0.6 is 0 Å². The maximum Gasteiger partial charge on any atom is 0.407 e. The van der Waals surface area contributed by atoms with E-state index in [1.54, 1.807) is 0 Å². The van der Waals surface area contributed by atoms with Crippen LogP contribution in [-0.4, -0.2) is 55.4 Å². The Bertz CT molecular complexity index is 376. The summed E-state index contributed by atoms with van der Waals surface area (Å²) in [6, 6.07) is 0.659. The standard InChI is InChI=1S/C16H29N3O2/c1-16(2,3)21-15(20)18-9-5-4-8-17-14-7-11-19-10-6-13(14)12-19/h4-5,13-14,17H,6-12H2,1-3H3,(H,18,20)/b5-4+. The van der Waals surface area contributed by atoms with Gasteiger partial charge in [-0.15, -0.1) is 0 Å². The number of ether oxygens (including phenoxy) is 1. The van der Waals surface area contributed by atoms with E-state index in [-0.39, 0.29) is 6.09 Å². The van der Waals surface area contributed by atoms with Crippen LogP contribution in [0.15, 0.2) is 12.2 Å². The molecule has 0 aromatic carbocycles. The third kappa shape index (κ3) is 5.67. The fourth-order valence-electron chi connectivity index (χ4n) is 3.06. The lowest BCUT2D eigenvalue weighted by molar-refractivity contribution is 0.0534. The molecule has 2 N–H and O–H groups in total. The Morgan fingerprint density at radius 1 is 1.24 bits per heavy atom. The van der Waals surface area contributed by atoms with E-state index in [1.165, 1.54) is 32.5 Å². The lowest BCUT2D eigenvalue weighted by Gasteiger charge is -2.30. The molecule has 0 aromatic rings. The number of carbonyl (C=O) groups is 1. The molecule has 0 spiro atoms. The summed E-state index contributed by atoms with van der Waals surface area (Å²) in [5.74, 6) is 0.826. The Labute approximate surface area is 128 Å². The van der Waals surface area contributed by atoms with Crippen LogP contribution in [0, 0.1) is 5.92 Å². The SMILES string of the molecule is CC(C)(C)OC(=O)NC/C=C/CNC1CCN2CCC1C2. The molecule has 3 atom stereocenters. The number of hydrogen-bond donors (Lipinski definition) is 2. The molecule has 0 radical (unpaired) electrons. The second-order valence-corrected chi connectivity index (χ2v) is 7.01. The predicted molar refractivity (Wildman–Crippen MR) is 84.3 cm³/mol. The molecule has 2 fully saturated rings. The number of carbonyl (C=O) groups excluding carboxylic acids is 1. The molecule has 2 saturated heterocycles. The maximum atomic E-state index is 11.4. The van der Waals surface area contributed by atoms with Crippen molar-refractivity contribution >= 4 is 6.09 Å². The molecule has 0 saturated carbocycles. The average molecular weight is 295 g/mol. The van der Waals surface area contributed by atoms with Gasteiger partial charge in [-0.1, -0.05) is 12.2 Å². The Balaban J connectivity index is 1.55. The molecule has 2 aliphatic heterocycles. The van der Waals surface area contributed by atoms with Crippen molar-refractivity contribution in [3.63, 3.8) is 0 Å². The molecule has 2 rings (SSSR count). The average Bonchev–Trinajstić information content (AvgIpc) is 2.76. The second-order valence-electron chi connectivity index (χ2n) is 7.01. The largest absolute Gasteiger partial charge is 0.444 e. The summed E-state index contributed by atoms with van der Waals surface area (Å²) < 4.78 is 5.17. The maximum absolute atomic E-state index is 11.4. The summed E-state index contributed by atoms with van der Waals surface area (Å²) in [5.41, 5.74) is -0.439. The first-order valence-corrected chi connectivity index (χ1v) is 8.01. The highest BCUT2D eigenvalue weighted by Crippen LogP contribution is 2.26. The molecule has 2 aliphatic rings. The number of hydrogen-bond acceptors (Lipinski definition) is 4. The Kier molecular flexibility index (Phi) is 5.65. The summed E-state index contributed by atoms with van der Waals surface area (Å²) in [6.45, 7) is 10.7. The van der Waals surface area contributed by atoms with Crippen molar-refractivity contribution in [1.29, 1.82) is 0 Å². The molecule has 0 aliphatic carbocycles. The van der Waals surface area contributed by atoms with Crippen molar-refractivity contribution in [3.8, 4) is 0 Å². The van der Waals surface area contributed by atoms with Crippen LogP contribution in [0.25, 0.3) is 0 Å². The first-order valence-electron chi connectivity index (χ1n) is 8.01. The van der Waals surface area contributed by atoms with Crippen LogP contribution in [0.3, 0.4) is 0 Å². The number of piperidine rings is 1. The Morgan fingerprint density at radius 3 is 2.71 bits per heavy atom. The van der Waals surface area contributed by atoms with Gasteiger partial charge in [0.05, 0.1) is 0 Å². The minimum Gasteiger partial charge on any atom is -0.444 e. The smallest absolute Gasteiger partial charge is 0.407 e. The van der Waals surface area contributed by atoms with E-state index in [1.807, 2.05) is 26.8 Å². The number of nitrogens with zero attached hydrogens (tertiary/aromatic N) is 1. The number of rotatable bonds is 5. The van der Waals surface area contributed by atoms with Gasteiger partial charge in [-0.25, -0.2) is 4.79 Å². The van der Waals surface area contributed by atoms with E-state index in [2.05, 4.69) is 21.6 Å². The van der Waals surface area contributed by atoms with Crippen LogP contribution in [0.1, 0.15) is 33.6 Å². The van der Waals surface area contributed by atoms with Crippen LogP contribution in [0.4, 0.5) is 4.79 Å². The minimum atomic E-state index is -0.439. The first-order chi connectivity index (χ1) is 9.94. The van der Waals surface area contributed by atoms with Crippen molar-refractivity contribution in [2.75, 3.05) is 32.7 Å². The number of nitrogens with one attached hydrogen (secondary N) is 2. The molecule has 5 nitrogen and oxygen atoms in total. The normalized spacial score (nSPS) is 28.8. The van der Waals surface area contributed by atoms with E-state index in [9.17, 15) is 4.79 Å². The molecule has 21 heavy (non-hydrogen) atoms. The molecule has 0 aromatic heterocycles. The van der Waals surface area contributed by atoms with Gasteiger partial charge in [-0.3, -0.25) is 0 Å². The fraction of sp³-hybridized carbons (Fsp3) is 0.812. The zero-order valence-electron chi connectivity index (χ0n) is 13.5. The van der Waals surface area contributed by atoms with Crippen LogP contribution < -0.4 is 10.6 Å². The Hall–Kier alpha value is -1.07. The zero-order chi connectivity index (χ0) is 15.3. The van der Waals surface area contributed by atoms with Crippen molar-refractivity contribution in [2.45, 2.75) is 45.3 Å².